The molecule has 1 heterocycles. The molecule has 0 aliphatic rings. The summed E-state index contributed by atoms with van der Waals surface area (Å²) in [5.74, 6) is 0.00830. The Morgan fingerprint density at radius 2 is 1.86 bits per heavy atom. The van der Waals surface area contributed by atoms with Crippen LogP contribution in [-0.4, -0.2) is 10.5 Å². The van der Waals surface area contributed by atoms with Crippen LogP contribution in [0.3, 0.4) is 0 Å². The van der Waals surface area contributed by atoms with Crippen molar-refractivity contribution in [2.24, 2.45) is 0 Å². The van der Waals surface area contributed by atoms with Crippen molar-refractivity contribution in [3.05, 3.63) is 59.0 Å². The second-order valence-electron chi connectivity index (χ2n) is 5.26. The molecule has 116 valence electrons. The average Bonchev–Trinajstić information content (AvgIpc) is 2.49. The van der Waals surface area contributed by atoms with Crippen molar-refractivity contribution >= 4 is 17.3 Å². The van der Waals surface area contributed by atoms with E-state index in [0.717, 1.165) is 31.5 Å². The number of hydrogen-bond donors (Lipinski definition) is 2. The number of pyridine rings is 1. The summed E-state index contributed by atoms with van der Waals surface area (Å²) in [5.41, 5.74) is 7.06. The Bertz CT molecular complexity index is 659. The van der Waals surface area contributed by atoms with E-state index in [2.05, 4.69) is 5.32 Å². The van der Waals surface area contributed by atoms with E-state index in [-0.39, 0.29) is 11.3 Å². The van der Waals surface area contributed by atoms with Gasteiger partial charge in [0.25, 0.3) is 0 Å². The molecule has 2 aromatic rings. The van der Waals surface area contributed by atoms with Crippen LogP contribution in [0.4, 0.5) is 11.4 Å². The number of nitrogens with zero attached hydrogens (tertiary/aromatic N) is 1. The number of carbonyl (C=O) groups excluding carboxylic acids is 1. The number of nitrogens with two attached hydrogens (primary N) is 1. The average molecular weight is 299 g/mol. The maximum Gasteiger partial charge on any atom is 0.224 e. The molecule has 0 atom stereocenters. The van der Waals surface area contributed by atoms with Gasteiger partial charge in [-0.1, -0.05) is 12.5 Å². The molecule has 0 radical (unpaired) electrons. The Morgan fingerprint density at radius 1 is 1.09 bits per heavy atom. The SMILES string of the molecule is Nc1cccc(NC(=O)CCCCCn2ccc(=O)cc2)c1. The predicted octanol–water partition coefficient (Wildman–Crippen LogP) is 2.63. The summed E-state index contributed by atoms with van der Waals surface area (Å²) in [5, 5.41) is 2.84. The fourth-order valence-corrected chi connectivity index (χ4v) is 2.19. The maximum atomic E-state index is 11.8. The molecule has 0 saturated carbocycles. The van der Waals surface area contributed by atoms with Crippen LogP contribution in [0, 0.1) is 0 Å². The molecule has 0 fully saturated rings. The Hall–Kier alpha value is -2.56. The van der Waals surface area contributed by atoms with Crippen molar-refractivity contribution in [2.45, 2.75) is 32.2 Å². The van der Waals surface area contributed by atoms with Crippen molar-refractivity contribution < 1.29 is 4.79 Å². The summed E-state index contributed by atoms with van der Waals surface area (Å²) in [6, 6.07) is 10.3. The summed E-state index contributed by atoms with van der Waals surface area (Å²) in [4.78, 5) is 22.8. The first-order valence-electron chi connectivity index (χ1n) is 7.45. The van der Waals surface area contributed by atoms with Gasteiger partial charge in [0.05, 0.1) is 0 Å². The summed E-state index contributed by atoms with van der Waals surface area (Å²) in [6.07, 6.45) is 6.86. The topological polar surface area (TPSA) is 77.1 Å². The van der Waals surface area contributed by atoms with E-state index in [9.17, 15) is 9.59 Å². The predicted molar refractivity (Wildman–Crippen MR) is 88.7 cm³/mol. The molecule has 5 heteroatoms. The zero-order valence-electron chi connectivity index (χ0n) is 12.5. The standard InChI is InChI=1S/C17H21N3O2/c18-14-5-4-6-15(13-14)19-17(22)7-2-1-3-10-20-11-8-16(21)9-12-20/h4-6,8-9,11-13H,1-3,7,10,18H2,(H,19,22). The van der Waals surface area contributed by atoms with Crippen LogP contribution < -0.4 is 16.5 Å². The molecular formula is C17H21N3O2. The van der Waals surface area contributed by atoms with Gasteiger partial charge in [0.2, 0.25) is 5.91 Å². The van der Waals surface area contributed by atoms with Crippen molar-refractivity contribution in [3.8, 4) is 0 Å². The molecule has 0 spiro atoms. The zero-order valence-corrected chi connectivity index (χ0v) is 12.5. The number of aromatic nitrogens is 1. The van der Waals surface area contributed by atoms with E-state index in [0.29, 0.717) is 12.1 Å². The fraction of sp³-hybridized carbons (Fsp3) is 0.294. The second-order valence-corrected chi connectivity index (χ2v) is 5.26. The Labute approximate surface area is 129 Å². The van der Waals surface area contributed by atoms with E-state index in [1.54, 1.807) is 36.7 Å². The molecule has 2 rings (SSSR count). The maximum absolute atomic E-state index is 11.8. The van der Waals surface area contributed by atoms with Crippen LogP contribution in [0.5, 0.6) is 0 Å². The molecule has 22 heavy (non-hydrogen) atoms. The highest BCUT2D eigenvalue weighted by Gasteiger charge is 2.02. The van der Waals surface area contributed by atoms with E-state index in [1.165, 1.54) is 0 Å². The van der Waals surface area contributed by atoms with Crippen LogP contribution in [0.2, 0.25) is 0 Å². The second kappa shape index (κ2) is 8.02. The number of amides is 1. The first kappa shape index (κ1) is 15.8. The Kier molecular flexibility index (Phi) is 5.77. The largest absolute Gasteiger partial charge is 0.399 e. The lowest BCUT2D eigenvalue weighted by Gasteiger charge is -2.07. The van der Waals surface area contributed by atoms with Crippen LogP contribution in [0.1, 0.15) is 25.7 Å². The summed E-state index contributed by atoms with van der Waals surface area (Å²) in [6.45, 7) is 0.858. The van der Waals surface area contributed by atoms with Gasteiger partial charge in [-0.05, 0) is 31.0 Å². The van der Waals surface area contributed by atoms with Crippen molar-refractivity contribution in [1.29, 1.82) is 0 Å². The summed E-state index contributed by atoms with van der Waals surface area (Å²) in [7, 11) is 0. The van der Waals surface area contributed by atoms with E-state index < -0.39 is 0 Å². The molecular weight excluding hydrogens is 278 g/mol. The molecule has 0 aliphatic heterocycles. The van der Waals surface area contributed by atoms with Crippen molar-refractivity contribution in [2.75, 3.05) is 11.1 Å². The molecule has 1 aromatic heterocycles. The Balaban J connectivity index is 1.63. The highest BCUT2D eigenvalue weighted by atomic mass is 16.1. The van der Waals surface area contributed by atoms with Crippen LogP contribution >= 0.6 is 0 Å². The number of rotatable bonds is 7. The van der Waals surface area contributed by atoms with Gasteiger partial charge >= 0.3 is 0 Å². The first-order valence-corrected chi connectivity index (χ1v) is 7.45. The number of hydrogen-bond acceptors (Lipinski definition) is 3. The van der Waals surface area contributed by atoms with E-state index >= 15 is 0 Å². The van der Waals surface area contributed by atoms with Gasteiger partial charge in [-0.15, -0.1) is 0 Å². The quantitative estimate of drug-likeness (QED) is 0.609. The fourth-order valence-electron chi connectivity index (χ4n) is 2.19. The molecule has 3 N–H and O–H groups in total. The molecule has 5 nitrogen and oxygen atoms in total. The number of aryl methyl sites for hydroxylation is 1. The minimum atomic E-state index is 0.00830. The molecule has 1 aromatic carbocycles. The molecule has 0 saturated heterocycles. The number of carbonyl (C=O) groups is 1. The van der Waals surface area contributed by atoms with E-state index in [1.807, 2.05) is 16.7 Å². The van der Waals surface area contributed by atoms with Gasteiger partial charge in [-0.2, -0.15) is 0 Å². The monoisotopic (exact) mass is 299 g/mol. The van der Waals surface area contributed by atoms with Gasteiger partial charge in [0.1, 0.15) is 0 Å². The number of anilines is 2. The van der Waals surface area contributed by atoms with Gasteiger partial charge in [-0.25, -0.2) is 0 Å². The van der Waals surface area contributed by atoms with Crippen LogP contribution in [0.25, 0.3) is 0 Å². The number of benzene rings is 1. The lowest BCUT2D eigenvalue weighted by molar-refractivity contribution is -0.116. The van der Waals surface area contributed by atoms with Gasteiger partial charge in [0.15, 0.2) is 5.43 Å². The Morgan fingerprint density at radius 3 is 2.59 bits per heavy atom. The number of unbranched alkanes of at least 4 members (excludes halogenated alkanes) is 2. The normalized spacial score (nSPS) is 10.4. The summed E-state index contributed by atoms with van der Waals surface area (Å²) < 4.78 is 1.98. The van der Waals surface area contributed by atoms with Gasteiger partial charge in [0, 0.05) is 48.9 Å². The highest BCUT2D eigenvalue weighted by molar-refractivity contribution is 5.91. The zero-order chi connectivity index (χ0) is 15.8. The number of nitrogens with one attached hydrogen (secondary N) is 1. The lowest BCUT2D eigenvalue weighted by atomic mass is 10.2. The smallest absolute Gasteiger partial charge is 0.224 e. The summed E-state index contributed by atoms with van der Waals surface area (Å²) >= 11 is 0. The molecule has 0 bridgehead atoms. The third kappa shape index (κ3) is 5.44. The van der Waals surface area contributed by atoms with Crippen molar-refractivity contribution in [3.63, 3.8) is 0 Å². The van der Waals surface area contributed by atoms with Crippen molar-refractivity contribution in [1.82, 2.24) is 4.57 Å². The van der Waals surface area contributed by atoms with Gasteiger partial charge < -0.3 is 15.6 Å². The third-order valence-corrected chi connectivity index (χ3v) is 3.35. The van der Waals surface area contributed by atoms with Crippen LogP contribution in [-0.2, 0) is 11.3 Å². The molecule has 0 unspecified atom stereocenters. The minimum absolute atomic E-state index is 0.00830. The third-order valence-electron chi connectivity index (χ3n) is 3.35. The van der Waals surface area contributed by atoms with Gasteiger partial charge in [-0.3, -0.25) is 9.59 Å². The number of nitrogen functional groups attached to an aromatic ring is 1. The van der Waals surface area contributed by atoms with Crippen LogP contribution in [0.15, 0.2) is 53.6 Å². The lowest BCUT2D eigenvalue weighted by Crippen LogP contribution is -2.11. The molecule has 1 amide bonds. The van der Waals surface area contributed by atoms with E-state index in [4.69, 9.17) is 5.73 Å². The first-order chi connectivity index (χ1) is 10.6. The molecule has 0 aliphatic carbocycles. The minimum Gasteiger partial charge on any atom is -0.399 e. The highest BCUT2D eigenvalue weighted by Crippen LogP contribution is 2.12.